The standard InChI is InChI=1S/C18H24FNO/c1-14-13-15(7-8-16(14)19)17(21)18(9-3-4-10-18)20-11-5-2-6-12-20/h7-8,13H,2-6,9-12H2,1H3. The maximum atomic E-state index is 13.5. The first-order chi connectivity index (χ1) is 10.1. The molecule has 0 radical (unpaired) electrons. The average molecular weight is 289 g/mol. The fourth-order valence-corrected chi connectivity index (χ4v) is 4.02. The van der Waals surface area contributed by atoms with Crippen molar-refractivity contribution in [1.82, 2.24) is 4.90 Å². The summed E-state index contributed by atoms with van der Waals surface area (Å²) in [5.41, 5.74) is 0.930. The van der Waals surface area contributed by atoms with Crippen LogP contribution in [0.5, 0.6) is 0 Å². The minimum atomic E-state index is -0.315. The Morgan fingerprint density at radius 2 is 1.76 bits per heavy atom. The predicted octanol–water partition coefficient (Wildman–Crippen LogP) is 4.12. The molecule has 0 unspecified atom stereocenters. The minimum absolute atomic E-state index is 0.213. The molecule has 2 aliphatic rings. The van der Waals surface area contributed by atoms with Crippen molar-refractivity contribution in [3.63, 3.8) is 0 Å². The Labute approximate surface area is 126 Å². The van der Waals surface area contributed by atoms with Crippen molar-refractivity contribution >= 4 is 5.78 Å². The molecule has 1 heterocycles. The molecule has 3 heteroatoms. The third-order valence-corrected chi connectivity index (χ3v) is 5.23. The van der Waals surface area contributed by atoms with Crippen molar-refractivity contribution in [3.8, 4) is 0 Å². The Hall–Kier alpha value is -1.22. The van der Waals surface area contributed by atoms with Crippen molar-refractivity contribution in [3.05, 3.63) is 35.1 Å². The van der Waals surface area contributed by atoms with Crippen LogP contribution in [0.4, 0.5) is 4.39 Å². The molecule has 0 atom stereocenters. The van der Waals surface area contributed by atoms with Crippen molar-refractivity contribution < 1.29 is 9.18 Å². The Kier molecular flexibility index (Phi) is 4.12. The predicted molar refractivity (Wildman–Crippen MR) is 82.1 cm³/mol. The molecule has 0 aromatic heterocycles. The number of ketones is 1. The highest BCUT2D eigenvalue weighted by atomic mass is 19.1. The zero-order chi connectivity index (χ0) is 14.9. The topological polar surface area (TPSA) is 20.3 Å². The van der Waals surface area contributed by atoms with Crippen LogP contribution >= 0.6 is 0 Å². The molecule has 3 rings (SSSR count). The van der Waals surface area contributed by atoms with Crippen molar-refractivity contribution in [2.75, 3.05) is 13.1 Å². The number of benzene rings is 1. The minimum Gasteiger partial charge on any atom is -0.292 e. The monoisotopic (exact) mass is 289 g/mol. The van der Waals surface area contributed by atoms with Gasteiger partial charge in [0.25, 0.3) is 0 Å². The second-order valence-electron chi connectivity index (χ2n) is 6.58. The first-order valence-corrected chi connectivity index (χ1v) is 8.19. The summed E-state index contributed by atoms with van der Waals surface area (Å²) in [6, 6.07) is 4.82. The second-order valence-corrected chi connectivity index (χ2v) is 6.58. The summed E-state index contributed by atoms with van der Waals surface area (Å²) >= 11 is 0. The zero-order valence-corrected chi connectivity index (χ0v) is 12.8. The van der Waals surface area contributed by atoms with Crippen molar-refractivity contribution in [2.45, 2.75) is 57.4 Å². The van der Waals surface area contributed by atoms with Crippen LogP contribution in [0.25, 0.3) is 0 Å². The maximum Gasteiger partial charge on any atom is 0.183 e. The molecule has 0 bridgehead atoms. The number of piperidine rings is 1. The molecular weight excluding hydrogens is 265 g/mol. The summed E-state index contributed by atoms with van der Waals surface area (Å²) in [4.78, 5) is 15.6. The third kappa shape index (κ3) is 2.64. The van der Waals surface area contributed by atoms with Crippen LogP contribution in [0.1, 0.15) is 60.9 Å². The summed E-state index contributed by atoms with van der Waals surface area (Å²) in [5.74, 6) is -0.0185. The lowest BCUT2D eigenvalue weighted by Gasteiger charge is -2.42. The van der Waals surface area contributed by atoms with Gasteiger partial charge in [-0.05, 0) is 69.5 Å². The average Bonchev–Trinajstić information content (AvgIpc) is 3.01. The number of hydrogen-bond donors (Lipinski definition) is 0. The maximum absolute atomic E-state index is 13.5. The SMILES string of the molecule is Cc1cc(C(=O)C2(N3CCCCC3)CCCC2)ccc1F. The summed E-state index contributed by atoms with van der Waals surface area (Å²) in [5, 5.41) is 0. The van der Waals surface area contributed by atoms with E-state index in [0.717, 1.165) is 38.8 Å². The number of nitrogens with zero attached hydrogens (tertiary/aromatic N) is 1. The fourth-order valence-electron chi connectivity index (χ4n) is 4.02. The Balaban J connectivity index is 1.92. The lowest BCUT2D eigenvalue weighted by atomic mass is 9.84. The van der Waals surface area contributed by atoms with Gasteiger partial charge >= 0.3 is 0 Å². The van der Waals surface area contributed by atoms with Gasteiger partial charge in [-0.1, -0.05) is 19.3 Å². The number of carbonyl (C=O) groups is 1. The number of rotatable bonds is 3. The van der Waals surface area contributed by atoms with Gasteiger partial charge in [-0.2, -0.15) is 0 Å². The Morgan fingerprint density at radius 1 is 1.10 bits per heavy atom. The van der Waals surface area contributed by atoms with Crippen LogP contribution in [0.3, 0.4) is 0 Å². The lowest BCUT2D eigenvalue weighted by Crippen LogP contribution is -2.54. The number of hydrogen-bond acceptors (Lipinski definition) is 2. The second kappa shape index (κ2) is 5.88. The fraction of sp³-hybridized carbons (Fsp3) is 0.611. The molecule has 1 saturated carbocycles. The van der Waals surface area contributed by atoms with E-state index in [9.17, 15) is 9.18 Å². The molecule has 2 fully saturated rings. The number of carbonyl (C=O) groups excluding carboxylic acids is 1. The highest BCUT2D eigenvalue weighted by Crippen LogP contribution is 2.39. The molecule has 0 spiro atoms. The van der Waals surface area contributed by atoms with Crippen LogP contribution in [-0.2, 0) is 0 Å². The van der Waals surface area contributed by atoms with E-state index < -0.39 is 0 Å². The van der Waals surface area contributed by atoms with Gasteiger partial charge in [0.15, 0.2) is 5.78 Å². The van der Waals surface area contributed by atoms with E-state index in [-0.39, 0.29) is 17.1 Å². The van der Waals surface area contributed by atoms with Gasteiger partial charge in [0.2, 0.25) is 0 Å². The largest absolute Gasteiger partial charge is 0.292 e. The van der Waals surface area contributed by atoms with Gasteiger partial charge in [-0.3, -0.25) is 9.69 Å². The van der Waals surface area contributed by atoms with E-state index in [4.69, 9.17) is 0 Å². The number of halogens is 1. The Bertz CT molecular complexity index is 528. The molecule has 21 heavy (non-hydrogen) atoms. The van der Waals surface area contributed by atoms with Crippen molar-refractivity contribution in [1.29, 1.82) is 0 Å². The van der Waals surface area contributed by atoms with E-state index in [2.05, 4.69) is 4.90 Å². The van der Waals surface area contributed by atoms with Crippen LogP contribution in [0.2, 0.25) is 0 Å². The number of aryl methyl sites for hydroxylation is 1. The quantitative estimate of drug-likeness (QED) is 0.780. The molecule has 114 valence electrons. The van der Waals surface area contributed by atoms with Crippen molar-refractivity contribution in [2.24, 2.45) is 0 Å². The van der Waals surface area contributed by atoms with Gasteiger partial charge in [-0.25, -0.2) is 4.39 Å². The van der Waals surface area contributed by atoms with Gasteiger partial charge in [0.05, 0.1) is 5.54 Å². The normalized spacial score (nSPS) is 22.4. The molecular formula is C18H24FNO. The first kappa shape index (κ1) is 14.7. The van der Waals surface area contributed by atoms with E-state index in [1.165, 1.54) is 25.3 Å². The van der Waals surface area contributed by atoms with E-state index in [0.29, 0.717) is 11.1 Å². The summed E-state index contributed by atoms with van der Waals surface area (Å²) in [6.45, 7) is 3.80. The van der Waals surface area contributed by atoms with E-state index in [1.807, 2.05) is 0 Å². The van der Waals surface area contributed by atoms with E-state index in [1.54, 1.807) is 19.1 Å². The summed E-state index contributed by atoms with van der Waals surface area (Å²) in [6.07, 6.45) is 7.83. The van der Waals surface area contributed by atoms with Crippen LogP contribution in [0.15, 0.2) is 18.2 Å². The molecule has 1 aromatic rings. The van der Waals surface area contributed by atoms with Gasteiger partial charge < -0.3 is 0 Å². The molecule has 1 aliphatic carbocycles. The summed E-state index contributed by atoms with van der Waals surface area (Å²) in [7, 11) is 0. The molecule has 0 amide bonds. The highest BCUT2D eigenvalue weighted by molar-refractivity contribution is 6.03. The van der Waals surface area contributed by atoms with Crippen LogP contribution in [0, 0.1) is 12.7 Å². The number of Topliss-reactive ketones (excluding diaryl/α,β-unsaturated/α-hetero) is 1. The zero-order valence-electron chi connectivity index (χ0n) is 12.8. The molecule has 0 N–H and O–H groups in total. The highest BCUT2D eigenvalue weighted by Gasteiger charge is 2.46. The van der Waals surface area contributed by atoms with Gasteiger partial charge in [0, 0.05) is 5.56 Å². The third-order valence-electron chi connectivity index (χ3n) is 5.23. The van der Waals surface area contributed by atoms with Crippen LogP contribution in [-0.4, -0.2) is 29.3 Å². The molecule has 1 aliphatic heterocycles. The van der Waals surface area contributed by atoms with E-state index >= 15 is 0 Å². The molecule has 1 saturated heterocycles. The van der Waals surface area contributed by atoms with Crippen LogP contribution < -0.4 is 0 Å². The van der Waals surface area contributed by atoms with Gasteiger partial charge in [0.1, 0.15) is 5.82 Å². The smallest absolute Gasteiger partial charge is 0.183 e. The molecule has 2 nitrogen and oxygen atoms in total. The number of likely N-dealkylation sites (tertiary alicyclic amines) is 1. The molecule has 1 aromatic carbocycles. The first-order valence-electron chi connectivity index (χ1n) is 8.19. The summed E-state index contributed by atoms with van der Waals surface area (Å²) < 4.78 is 13.5. The Morgan fingerprint density at radius 3 is 2.38 bits per heavy atom. The lowest BCUT2D eigenvalue weighted by molar-refractivity contribution is 0.0477. The van der Waals surface area contributed by atoms with Gasteiger partial charge in [-0.15, -0.1) is 0 Å².